The Morgan fingerprint density at radius 3 is 3.00 bits per heavy atom. The van der Waals surface area contributed by atoms with Crippen LogP contribution in [0.1, 0.15) is 25.7 Å². The van der Waals surface area contributed by atoms with Crippen LogP contribution >= 0.6 is 0 Å². The zero-order valence-electron chi connectivity index (χ0n) is 9.90. The topological polar surface area (TPSA) is 55.1 Å². The van der Waals surface area contributed by atoms with Gasteiger partial charge >= 0.3 is 0 Å². The van der Waals surface area contributed by atoms with Crippen LogP contribution in [0, 0.1) is 0 Å². The molecule has 0 radical (unpaired) electrons. The molecule has 1 heterocycles. The van der Waals surface area contributed by atoms with Crippen molar-refractivity contribution in [3.8, 4) is 0 Å². The van der Waals surface area contributed by atoms with Crippen molar-refractivity contribution in [2.24, 2.45) is 0 Å². The Hall–Kier alpha value is -1.84. The van der Waals surface area contributed by atoms with Gasteiger partial charge in [0.05, 0.1) is 0 Å². The number of nitrogens with one attached hydrogen (secondary N) is 1. The molecule has 90 valence electrons. The van der Waals surface area contributed by atoms with Crippen LogP contribution in [-0.4, -0.2) is 17.4 Å². The highest BCUT2D eigenvalue weighted by Gasteiger charge is 2.05. The van der Waals surface area contributed by atoms with E-state index in [1.165, 1.54) is 0 Å². The second-order valence-electron chi connectivity index (χ2n) is 3.93. The molecule has 0 aliphatic carbocycles. The number of rotatable bonds is 5. The highest BCUT2D eigenvalue weighted by Crippen LogP contribution is 2.14. The number of aromatic nitrogens is 1. The molecule has 0 saturated heterocycles. The summed E-state index contributed by atoms with van der Waals surface area (Å²) in [6, 6.07) is 7.65. The lowest BCUT2D eigenvalue weighted by molar-refractivity contribution is -0.121. The summed E-state index contributed by atoms with van der Waals surface area (Å²) in [5.74, 6) is 0.756. The molecule has 2 rings (SSSR count). The van der Waals surface area contributed by atoms with E-state index in [0.717, 1.165) is 17.5 Å². The van der Waals surface area contributed by atoms with Gasteiger partial charge in [-0.1, -0.05) is 19.1 Å². The second kappa shape index (κ2) is 5.48. The largest absolute Gasteiger partial charge is 0.441 e. The molecule has 4 heteroatoms. The molecule has 2 aromatic rings. The highest BCUT2D eigenvalue weighted by atomic mass is 16.3. The van der Waals surface area contributed by atoms with Crippen LogP contribution in [0.4, 0.5) is 0 Å². The van der Waals surface area contributed by atoms with Crippen molar-refractivity contribution in [1.82, 2.24) is 10.3 Å². The van der Waals surface area contributed by atoms with Gasteiger partial charge in [-0.2, -0.15) is 0 Å². The molecule has 1 N–H and O–H groups in total. The standard InChI is InChI=1S/C13H16N2O2/c1-2-5-12(16)14-9-8-13-15-10-6-3-4-7-11(10)17-13/h3-4,6-7H,2,5,8-9H2,1H3,(H,14,16). The van der Waals surface area contributed by atoms with Crippen LogP contribution in [0.3, 0.4) is 0 Å². The van der Waals surface area contributed by atoms with E-state index in [0.29, 0.717) is 25.3 Å². The molecule has 0 spiro atoms. The fourth-order valence-corrected chi connectivity index (χ4v) is 1.65. The summed E-state index contributed by atoms with van der Waals surface area (Å²) < 4.78 is 5.55. The molecule has 17 heavy (non-hydrogen) atoms. The van der Waals surface area contributed by atoms with E-state index < -0.39 is 0 Å². The Morgan fingerprint density at radius 1 is 1.41 bits per heavy atom. The molecular weight excluding hydrogens is 216 g/mol. The molecule has 1 amide bonds. The van der Waals surface area contributed by atoms with Crippen LogP contribution in [0.25, 0.3) is 11.1 Å². The average Bonchev–Trinajstić information content (AvgIpc) is 2.71. The first-order chi connectivity index (χ1) is 8.29. The Labute approximate surface area is 100 Å². The van der Waals surface area contributed by atoms with Gasteiger partial charge in [-0.15, -0.1) is 0 Å². The maximum absolute atomic E-state index is 11.2. The molecule has 1 aromatic carbocycles. The van der Waals surface area contributed by atoms with E-state index in [1.807, 2.05) is 31.2 Å². The Kier molecular flexibility index (Phi) is 3.75. The Balaban J connectivity index is 1.89. The van der Waals surface area contributed by atoms with Gasteiger partial charge in [-0.05, 0) is 18.6 Å². The molecule has 0 unspecified atom stereocenters. The van der Waals surface area contributed by atoms with Gasteiger partial charge in [0, 0.05) is 19.4 Å². The van der Waals surface area contributed by atoms with Crippen LogP contribution in [-0.2, 0) is 11.2 Å². The lowest BCUT2D eigenvalue weighted by atomic mass is 10.3. The Bertz CT molecular complexity index is 472. The van der Waals surface area contributed by atoms with Gasteiger partial charge in [-0.25, -0.2) is 4.98 Å². The first-order valence-electron chi connectivity index (χ1n) is 5.90. The van der Waals surface area contributed by atoms with Crippen molar-refractivity contribution in [3.63, 3.8) is 0 Å². The van der Waals surface area contributed by atoms with Gasteiger partial charge in [0.25, 0.3) is 0 Å². The van der Waals surface area contributed by atoms with Crippen LogP contribution in [0.15, 0.2) is 28.7 Å². The number of benzene rings is 1. The predicted octanol–water partition coefficient (Wildman–Crippen LogP) is 2.29. The first kappa shape index (κ1) is 11.6. The van der Waals surface area contributed by atoms with Crippen LogP contribution in [0.2, 0.25) is 0 Å². The molecule has 0 aliphatic heterocycles. The SMILES string of the molecule is CCCC(=O)NCCc1nc2ccccc2o1. The smallest absolute Gasteiger partial charge is 0.219 e. The highest BCUT2D eigenvalue weighted by molar-refractivity contribution is 5.75. The van der Waals surface area contributed by atoms with E-state index in [4.69, 9.17) is 4.42 Å². The number of carbonyl (C=O) groups is 1. The monoisotopic (exact) mass is 232 g/mol. The Morgan fingerprint density at radius 2 is 2.24 bits per heavy atom. The van der Waals surface area contributed by atoms with E-state index in [2.05, 4.69) is 10.3 Å². The second-order valence-corrected chi connectivity index (χ2v) is 3.93. The minimum atomic E-state index is 0.0867. The summed E-state index contributed by atoms with van der Waals surface area (Å²) in [5, 5.41) is 2.84. The summed E-state index contributed by atoms with van der Waals surface area (Å²) in [5.41, 5.74) is 1.66. The number of hydrogen-bond acceptors (Lipinski definition) is 3. The fourth-order valence-electron chi connectivity index (χ4n) is 1.65. The molecule has 4 nitrogen and oxygen atoms in total. The summed E-state index contributed by atoms with van der Waals surface area (Å²) >= 11 is 0. The number of fused-ring (bicyclic) bond motifs is 1. The van der Waals surface area contributed by atoms with E-state index in [9.17, 15) is 4.79 Å². The minimum absolute atomic E-state index is 0.0867. The third-order valence-corrected chi connectivity index (χ3v) is 2.48. The number of para-hydroxylation sites is 2. The molecule has 0 bridgehead atoms. The summed E-state index contributed by atoms with van der Waals surface area (Å²) in [7, 11) is 0. The van der Waals surface area contributed by atoms with E-state index in [-0.39, 0.29) is 5.91 Å². The molecule has 0 aliphatic rings. The van der Waals surface area contributed by atoms with Gasteiger partial charge in [0.2, 0.25) is 5.91 Å². The third-order valence-electron chi connectivity index (χ3n) is 2.48. The van der Waals surface area contributed by atoms with Gasteiger partial charge in [0.15, 0.2) is 11.5 Å². The average molecular weight is 232 g/mol. The maximum atomic E-state index is 11.2. The third kappa shape index (κ3) is 3.06. The van der Waals surface area contributed by atoms with E-state index >= 15 is 0 Å². The van der Waals surface area contributed by atoms with Crippen molar-refractivity contribution >= 4 is 17.0 Å². The van der Waals surface area contributed by atoms with Crippen LogP contribution in [0.5, 0.6) is 0 Å². The van der Waals surface area contributed by atoms with Crippen molar-refractivity contribution in [2.45, 2.75) is 26.2 Å². The minimum Gasteiger partial charge on any atom is -0.441 e. The zero-order valence-corrected chi connectivity index (χ0v) is 9.90. The lowest BCUT2D eigenvalue weighted by Crippen LogP contribution is -2.25. The summed E-state index contributed by atoms with van der Waals surface area (Å²) in [6.07, 6.45) is 2.08. The number of hydrogen-bond donors (Lipinski definition) is 1. The van der Waals surface area contributed by atoms with Crippen molar-refractivity contribution < 1.29 is 9.21 Å². The molecular formula is C13H16N2O2. The molecule has 0 atom stereocenters. The number of nitrogens with zero attached hydrogens (tertiary/aromatic N) is 1. The van der Waals surface area contributed by atoms with Gasteiger partial charge in [-0.3, -0.25) is 4.79 Å². The first-order valence-corrected chi connectivity index (χ1v) is 5.90. The number of amides is 1. The normalized spacial score (nSPS) is 10.6. The van der Waals surface area contributed by atoms with Crippen molar-refractivity contribution in [1.29, 1.82) is 0 Å². The van der Waals surface area contributed by atoms with Crippen LogP contribution < -0.4 is 5.32 Å². The molecule has 0 fully saturated rings. The number of oxazole rings is 1. The van der Waals surface area contributed by atoms with E-state index in [1.54, 1.807) is 0 Å². The van der Waals surface area contributed by atoms with Gasteiger partial charge < -0.3 is 9.73 Å². The number of carbonyl (C=O) groups excluding carboxylic acids is 1. The van der Waals surface area contributed by atoms with Crippen molar-refractivity contribution in [2.75, 3.05) is 6.54 Å². The summed E-state index contributed by atoms with van der Waals surface area (Å²) in [6.45, 7) is 2.56. The zero-order chi connectivity index (χ0) is 12.1. The molecule has 1 aromatic heterocycles. The maximum Gasteiger partial charge on any atom is 0.219 e. The fraction of sp³-hybridized carbons (Fsp3) is 0.385. The predicted molar refractivity (Wildman–Crippen MR) is 65.6 cm³/mol. The molecule has 0 saturated carbocycles. The quantitative estimate of drug-likeness (QED) is 0.860. The van der Waals surface area contributed by atoms with Gasteiger partial charge in [0.1, 0.15) is 5.52 Å². The summed E-state index contributed by atoms with van der Waals surface area (Å²) in [4.78, 5) is 15.6. The van der Waals surface area contributed by atoms with Crippen molar-refractivity contribution in [3.05, 3.63) is 30.2 Å². The lowest BCUT2D eigenvalue weighted by Gasteiger charge is -2.01.